The number of rotatable bonds is 3. The Morgan fingerprint density at radius 2 is 1.65 bits per heavy atom. The van der Waals surface area contributed by atoms with Crippen LogP contribution in [0.2, 0.25) is 0 Å². The fourth-order valence-corrected chi connectivity index (χ4v) is 7.39. The molecule has 0 N–H and O–H groups in total. The average molecular weight is 257 g/mol. The maximum atomic E-state index is 13.4. The normalized spacial score (nSPS) is 29.9. The Labute approximate surface area is 107 Å². The largest absolute Gasteiger partial charge is 0.306 e. The van der Waals surface area contributed by atoms with E-state index in [1.807, 2.05) is 0 Å². The van der Waals surface area contributed by atoms with Gasteiger partial charge < -0.3 is 4.57 Å². The van der Waals surface area contributed by atoms with Crippen LogP contribution >= 0.6 is 7.29 Å². The van der Waals surface area contributed by atoms with Gasteiger partial charge in [0.2, 0.25) is 0 Å². The summed E-state index contributed by atoms with van der Waals surface area (Å²) in [5, 5.41) is 0. The maximum Gasteiger partial charge on any atom is 0.161 e. The third-order valence-electron chi connectivity index (χ3n) is 3.46. The second kappa shape index (κ2) is 4.90. The Morgan fingerprint density at radius 1 is 1.18 bits per heavy atom. The molecule has 0 radical (unpaired) electrons. The van der Waals surface area contributed by atoms with Crippen LogP contribution in [0.5, 0.6) is 0 Å². The fourth-order valence-electron chi connectivity index (χ4n) is 3.10. The lowest BCUT2D eigenvalue weighted by Gasteiger charge is -2.43. The highest BCUT2D eigenvalue weighted by atomic mass is 31.2. The predicted molar refractivity (Wildman–Crippen MR) is 77.0 cm³/mol. The number of allylic oxidation sites excluding steroid dienone is 2. The van der Waals surface area contributed by atoms with E-state index in [1.54, 1.807) is 0 Å². The third-order valence-corrected chi connectivity index (χ3v) is 7.71. The number of nitrogens with zero attached hydrogens (tertiary/aromatic N) is 1. The summed E-state index contributed by atoms with van der Waals surface area (Å²) in [6, 6.07) is 0.677. The van der Waals surface area contributed by atoms with Crippen molar-refractivity contribution < 1.29 is 4.57 Å². The zero-order valence-corrected chi connectivity index (χ0v) is 13.3. The monoisotopic (exact) mass is 257 g/mol. The Hall–Kier alpha value is -0.0700. The van der Waals surface area contributed by atoms with E-state index >= 15 is 0 Å². The van der Waals surface area contributed by atoms with Crippen molar-refractivity contribution >= 4 is 7.29 Å². The first-order valence-electron chi connectivity index (χ1n) is 6.65. The van der Waals surface area contributed by atoms with Crippen molar-refractivity contribution in [2.45, 2.75) is 66.2 Å². The van der Waals surface area contributed by atoms with Crippen molar-refractivity contribution in [1.29, 1.82) is 0 Å². The molecule has 0 aromatic carbocycles. The van der Waals surface area contributed by atoms with Crippen molar-refractivity contribution in [1.82, 2.24) is 4.67 Å². The van der Waals surface area contributed by atoms with Crippen LogP contribution in [0, 0.1) is 5.41 Å². The Bertz CT molecular complexity index is 331. The number of hydrogen-bond acceptors (Lipinski definition) is 1. The van der Waals surface area contributed by atoms with E-state index in [0.717, 1.165) is 6.16 Å². The molecule has 2 atom stereocenters. The van der Waals surface area contributed by atoms with E-state index in [4.69, 9.17) is 0 Å². The first kappa shape index (κ1) is 15.0. The second-order valence-corrected chi connectivity index (χ2v) is 9.64. The van der Waals surface area contributed by atoms with Crippen LogP contribution in [0.4, 0.5) is 0 Å². The molecule has 1 rings (SSSR count). The van der Waals surface area contributed by atoms with E-state index in [-0.39, 0.29) is 11.1 Å². The first-order chi connectivity index (χ1) is 7.60. The summed E-state index contributed by atoms with van der Waals surface area (Å²) in [7, 11) is -2.30. The summed E-state index contributed by atoms with van der Waals surface area (Å²) in [6.45, 7) is 15.2. The van der Waals surface area contributed by atoms with Gasteiger partial charge in [-0.1, -0.05) is 32.9 Å². The lowest BCUT2D eigenvalue weighted by atomic mass is 9.92. The van der Waals surface area contributed by atoms with Crippen LogP contribution in [0.3, 0.4) is 0 Å². The van der Waals surface area contributed by atoms with Crippen LogP contribution in [-0.2, 0) is 4.57 Å². The standard InChI is InChI=1S/C14H28NOP/c1-11(2)15(12(3)4)17(16)10-8-9-13(17)14(5,6)7/h8-9,11-13H,10H2,1-7H3/t13-,17-/m0/s1. The highest BCUT2D eigenvalue weighted by molar-refractivity contribution is 7.63. The number of hydrogen-bond donors (Lipinski definition) is 0. The van der Waals surface area contributed by atoms with E-state index in [2.05, 4.69) is 65.3 Å². The van der Waals surface area contributed by atoms with Gasteiger partial charge in [-0.05, 0) is 33.1 Å². The van der Waals surface area contributed by atoms with E-state index < -0.39 is 7.29 Å². The van der Waals surface area contributed by atoms with Gasteiger partial charge in [-0.3, -0.25) is 0 Å². The van der Waals surface area contributed by atoms with Gasteiger partial charge in [0.05, 0.1) is 0 Å². The summed E-state index contributed by atoms with van der Waals surface area (Å²) in [6.07, 6.45) is 5.04. The summed E-state index contributed by atoms with van der Waals surface area (Å²) in [5.41, 5.74) is 0.268. The SMILES string of the molecule is CC(C)N(C(C)C)[P@]1(=O)CC=C[C@H]1C(C)(C)C. The van der Waals surface area contributed by atoms with Crippen LogP contribution < -0.4 is 0 Å². The molecule has 1 aliphatic rings. The molecule has 0 spiro atoms. The zero-order chi connectivity index (χ0) is 13.4. The molecule has 0 aromatic heterocycles. The van der Waals surface area contributed by atoms with Gasteiger partial charge >= 0.3 is 0 Å². The summed E-state index contributed by atoms with van der Waals surface area (Å²) < 4.78 is 15.7. The fraction of sp³-hybridized carbons (Fsp3) is 0.857. The van der Waals surface area contributed by atoms with Crippen LogP contribution in [0.25, 0.3) is 0 Å². The Kier molecular flexibility index (Phi) is 4.32. The molecule has 0 aliphatic carbocycles. The molecule has 3 heteroatoms. The quantitative estimate of drug-likeness (QED) is 0.553. The third kappa shape index (κ3) is 2.85. The molecular formula is C14H28NOP. The van der Waals surface area contributed by atoms with Gasteiger partial charge in [0, 0.05) is 23.9 Å². The molecule has 17 heavy (non-hydrogen) atoms. The van der Waals surface area contributed by atoms with Gasteiger partial charge in [-0.25, -0.2) is 4.67 Å². The van der Waals surface area contributed by atoms with E-state index in [1.165, 1.54) is 0 Å². The van der Waals surface area contributed by atoms with Crippen LogP contribution in [0.1, 0.15) is 48.5 Å². The summed E-state index contributed by atoms with van der Waals surface area (Å²) >= 11 is 0. The summed E-state index contributed by atoms with van der Waals surface area (Å²) in [5.74, 6) is 0. The molecule has 100 valence electrons. The molecule has 0 bridgehead atoms. The van der Waals surface area contributed by atoms with Gasteiger partial charge in [0.25, 0.3) is 0 Å². The maximum absolute atomic E-state index is 13.4. The van der Waals surface area contributed by atoms with Crippen LogP contribution in [0.15, 0.2) is 12.2 Å². The van der Waals surface area contributed by atoms with Crippen LogP contribution in [-0.4, -0.2) is 28.6 Å². The van der Waals surface area contributed by atoms with Gasteiger partial charge in [0.1, 0.15) is 0 Å². The first-order valence-corrected chi connectivity index (χ1v) is 8.56. The van der Waals surface area contributed by atoms with Crippen molar-refractivity contribution in [3.63, 3.8) is 0 Å². The lowest BCUT2D eigenvalue weighted by Crippen LogP contribution is -2.39. The average Bonchev–Trinajstić information content (AvgIpc) is 2.44. The smallest absolute Gasteiger partial charge is 0.161 e. The molecule has 0 saturated heterocycles. The molecule has 0 fully saturated rings. The Morgan fingerprint density at radius 3 is 2.00 bits per heavy atom. The zero-order valence-electron chi connectivity index (χ0n) is 12.4. The van der Waals surface area contributed by atoms with Crippen molar-refractivity contribution in [2.75, 3.05) is 6.16 Å². The molecule has 0 saturated carbocycles. The topological polar surface area (TPSA) is 20.3 Å². The van der Waals surface area contributed by atoms with Gasteiger partial charge in [-0.2, -0.15) is 0 Å². The molecule has 0 aromatic rings. The van der Waals surface area contributed by atoms with E-state index in [0.29, 0.717) is 12.1 Å². The van der Waals surface area contributed by atoms with Crippen molar-refractivity contribution in [2.24, 2.45) is 5.41 Å². The molecule has 2 nitrogen and oxygen atoms in total. The minimum Gasteiger partial charge on any atom is -0.306 e. The van der Waals surface area contributed by atoms with Gasteiger partial charge in [0.15, 0.2) is 7.29 Å². The lowest BCUT2D eigenvalue weighted by molar-refractivity contribution is 0.286. The Balaban J connectivity index is 3.13. The second-order valence-electron chi connectivity index (χ2n) is 6.74. The predicted octanol–water partition coefficient (Wildman–Crippen LogP) is 4.37. The van der Waals surface area contributed by atoms with E-state index in [9.17, 15) is 4.57 Å². The summed E-state index contributed by atoms with van der Waals surface area (Å²) in [4.78, 5) is 0. The van der Waals surface area contributed by atoms with Crippen molar-refractivity contribution in [3.05, 3.63) is 12.2 Å². The minimum atomic E-state index is -2.30. The highest BCUT2D eigenvalue weighted by Crippen LogP contribution is 2.64. The van der Waals surface area contributed by atoms with Gasteiger partial charge in [-0.15, -0.1) is 0 Å². The highest BCUT2D eigenvalue weighted by Gasteiger charge is 2.46. The molecular weight excluding hydrogens is 229 g/mol. The van der Waals surface area contributed by atoms with Crippen molar-refractivity contribution in [3.8, 4) is 0 Å². The minimum absolute atomic E-state index is 0.0740. The molecule has 1 aliphatic heterocycles. The molecule has 0 unspecified atom stereocenters. The molecule has 0 amide bonds. The molecule has 1 heterocycles.